The maximum Gasteiger partial charge on any atom is 0.335 e. The van der Waals surface area contributed by atoms with Crippen LogP contribution in [-0.2, 0) is 11.2 Å². The highest BCUT2D eigenvalue weighted by molar-refractivity contribution is 5.96. The standard InChI is InChI=1S/C15H11F2NO3/c16-11-6-3-7-12(17)14(11)18-13(19)8-9-4-1-2-5-10(9)15(20)21/h1-7H,8H2,(H,18,19)(H,20,21). The first-order valence-corrected chi connectivity index (χ1v) is 6.04. The summed E-state index contributed by atoms with van der Waals surface area (Å²) in [6.07, 6.45) is -0.295. The minimum atomic E-state index is -1.17. The molecule has 21 heavy (non-hydrogen) atoms. The van der Waals surface area contributed by atoms with Crippen molar-refractivity contribution in [1.29, 1.82) is 0 Å². The average Bonchev–Trinajstić information content (AvgIpc) is 2.43. The van der Waals surface area contributed by atoms with Gasteiger partial charge in [-0.25, -0.2) is 13.6 Å². The van der Waals surface area contributed by atoms with Crippen molar-refractivity contribution in [3.63, 3.8) is 0 Å². The van der Waals surface area contributed by atoms with Crippen molar-refractivity contribution in [1.82, 2.24) is 0 Å². The van der Waals surface area contributed by atoms with E-state index in [1.165, 1.54) is 24.3 Å². The van der Waals surface area contributed by atoms with Crippen LogP contribution < -0.4 is 5.32 Å². The molecule has 0 heterocycles. The number of amides is 1. The summed E-state index contributed by atoms with van der Waals surface area (Å²) < 4.78 is 26.8. The molecule has 0 aliphatic carbocycles. The number of hydrogen-bond acceptors (Lipinski definition) is 2. The Bertz CT molecular complexity index is 681. The lowest BCUT2D eigenvalue weighted by Crippen LogP contribution is -2.18. The number of aromatic carboxylic acids is 1. The SMILES string of the molecule is O=C(Cc1ccccc1C(=O)O)Nc1c(F)cccc1F. The molecule has 1 amide bonds. The van der Waals surface area contributed by atoms with E-state index in [1.54, 1.807) is 6.07 Å². The monoisotopic (exact) mass is 291 g/mol. The second-order valence-electron chi connectivity index (χ2n) is 4.28. The van der Waals surface area contributed by atoms with Crippen LogP contribution in [0.1, 0.15) is 15.9 Å². The number of anilines is 1. The molecule has 108 valence electrons. The van der Waals surface area contributed by atoms with Gasteiger partial charge in [-0.15, -0.1) is 0 Å². The molecule has 2 aromatic rings. The largest absolute Gasteiger partial charge is 0.478 e. The highest BCUT2D eigenvalue weighted by Gasteiger charge is 2.15. The normalized spacial score (nSPS) is 10.2. The van der Waals surface area contributed by atoms with Gasteiger partial charge in [0.1, 0.15) is 17.3 Å². The first-order valence-electron chi connectivity index (χ1n) is 6.04. The Balaban J connectivity index is 2.18. The fraction of sp³-hybridized carbons (Fsp3) is 0.0667. The quantitative estimate of drug-likeness (QED) is 0.910. The summed E-state index contributed by atoms with van der Waals surface area (Å²) in [7, 11) is 0. The fourth-order valence-electron chi connectivity index (χ4n) is 1.86. The molecule has 0 atom stereocenters. The van der Waals surface area contributed by atoms with Gasteiger partial charge in [0.25, 0.3) is 0 Å². The summed E-state index contributed by atoms with van der Waals surface area (Å²) in [6.45, 7) is 0. The third-order valence-corrected chi connectivity index (χ3v) is 2.83. The van der Waals surface area contributed by atoms with E-state index < -0.39 is 29.2 Å². The maximum absolute atomic E-state index is 13.4. The molecule has 6 heteroatoms. The van der Waals surface area contributed by atoms with E-state index in [-0.39, 0.29) is 17.5 Å². The predicted octanol–water partition coefficient (Wildman–Crippen LogP) is 2.84. The lowest BCUT2D eigenvalue weighted by Gasteiger charge is -2.09. The smallest absolute Gasteiger partial charge is 0.335 e. The van der Waals surface area contributed by atoms with Gasteiger partial charge in [-0.2, -0.15) is 0 Å². The van der Waals surface area contributed by atoms with E-state index >= 15 is 0 Å². The Labute approximate surface area is 119 Å². The van der Waals surface area contributed by atoms with Crippen molar-refractivity contribution in [3.05, 3.63) is 65.2 Å². The molecular weight excluding hydrogens is 280 g/mol. The summed E-state index contributed by atoms with van der Waals surface area (Å²) in [5.74, 6) is -3.66. The number of carbonyl (C=O) groups excluding carboxylic acids is 1. The minimum Gasteiger partial charge on any atom is -0.478 e. The van der Waals surface area contributed by atoms with E-state index in [0.29, 0.717) is 0 Å². The van der Waals surface area contributed by atoms with Crippen LogP contribution in [0.25, 0.3) is 0 Å². The Morgan fingerprint density at radius 2 is 1.62 bits per heavy atom. The average molecular weight is 291 g/mol. The second-order valence-corrected chi connectivity index (χ2v) is 4.28. The molecule has 2 N–H and O–H groups in total. The molecule has 0 aromatic heterocycles. The van der Waals surface area contributed by atoms with Gasteiger partial charge in [-0.1, -0.05) is 24.3 Å². The van der Waals surface area contributed by atoms with Crippen molar-refractivity contribution in [2.75, 3.05) is 5.32 Å². The van der Waals surface area contributed by atoms with Crippen LogP contribution in [0.3, 0.4) is 0 Å². The Hall–Kier alpha value is -2.76. The summed E-state index contributed by atoms with van der Waals surface area (Å²) in [5.41, 5.74) is -0.309. The van der Waals surface area contributed by atoms with Crippen LogP contribution in [0, 0.1) is 11.6 Å². The third kappa shape index (κ3) is 3.42. The van der Waals surface area contributed by atoms with Gasteiger partial charge in [0.2, 0.25) is 5.91 Å². The highest BCUT2D eigenvalue weighted by Crippen LogP contribution is 2.18. The van der Waals surface area contributed by atoms with E-state index in [0.717, 1.165) is 12.1 Å². The lowest BCUT2D eigenvalue weighted by atomic mass is 10.0. The molecule has 0 aliphatic heterocycles. The molecule has 2 rings (SSSR count). The van der Waals surface area contributed by atoms with Crippen LogP contribution >= 0.6 is 0 Å². The van der Waals surface area contributed by atoms with Gasteiger partial charge in [0.15, 0.2) is 0 Å². The number of rotatable bonds is 4. The Kier molecular flexibility index (Phi) is 4.27. The second kappa shape index (κ2) is 6.13. The van der Waals surface area contributed by atoms with Crippen LogP contribution in [-0.4, -0.2) is 17.0 Å². The van der Waals surface area contributed by atoms with Crippen molar-refractivity contribution in [3.8, 4) is 0 Å². The van der Waals surface area contributed by atoms with Crippen molar-refractivity contribution < 1.29 is 23.5 Å². The van der Waals surface area contributed by atoms with Gasteiger partial charge in [-0.05, 0) is 23.8 Å². The molecule has 0 unspecified atom stereocenters. The number of para-hydroxylation sites is 1. The first kappa shape index (κ1) is 14.6. The molecule has 0 radical (unpaired) electrons. The number of hydrogen-bond donors (Lipinski definition) is 2. The summed E-state index contributed by atoms with van der Waals surface area (Å²) in [5, 5.41) is 11.1. The van der Waals surface area contributed by atoms with Gasteiger partial charge in [0.05, 0.1) is 12.0 Å². The van der Waals surface area contributed by atoms with Crippen LogP contribution in [0.4, 0.5) is 14.5 Å². The van der Waals surface area contributed by atoms with Crippen LogP contribution in [0.5, 0.6) is 0 Å². The highest BCUT2D eigenvalue weighted by atomic mass is 19.1. The molecule has 0 spiro atoms. The predicted molar refractivity (Wildman–Crippen MR) is 72.1 cm³/mol. The molecule has 0 bridgehead atoms. The van der Waals surface area contributed by atoms with Gasteiger partial charge < -0.3 is 10.4 Å². The zero-order chi connectivity index (χ0) is 15.4. The van der Waals surface area contributed by atoms with Gasteiger partial charge in [0, 0.05) is 0 Å². The molecule has 2 aromatic carbocycles. The molecule has 0 saturated carbocycles. The van der Waals surface area contributed by atoms with Crippen molar-refractivity contribution >= 4 is 17.6 Å². The number of halogens is 2. The zero-order valence-electron chi connectivity index (χ0n) is 10.8. The topological polar surface area (TPSA) is 66.4 Å². The number of nitrogens with one attached hydrogen (secondary N) is 1. The number of carbonyl (C=O) groups is 2. The number of carboxylic acids is 1. The lowest BCUT2D eigenvalue weighted by molar-refractivity contribution is -0.115. The molecular formula is C15H11F2NO3. The Morgan fingerprint density at radius 1 is 1.00 bits per heavy atom. The van der Waals surface area contributed by atoms with E-state index in [9.17, 15) is 18.4 Å². The molecule has 0 saturated heterocycles. The van der Waals surface area contributed by atoms with Crippen molar-refractivity contribution in [2.24, 2.45) is 0 Å². The Morgan fingerprint density at radius 3 is 2.24 bits per heavy atom. The maximum atomic E-state index is 13.4. The van der Waals surface area contributed by atoms with Crippen molar-refractivity contribution in [2.45, 2.75) is 6.42 Å². The summed E-state index contributed by atoms with van der Waals surface area (Å²) in [6, 6.07) is 9.16. The minimum absolute atomic E-state index is 0.0262. The summed E-state index contributed by atoms with van der Waals surface area (Å²) in [4.78, 5) is 22.8. The summed E-state index contributed by atoms with van der Waals surface area (Å²) >= 11 is 0. The van der Waals surface area contributed by atoms with Gasteiger partial charge >= 0.3 is 5.97 Å². The zero-order valence-corrected chi connectivity index (χ0v) is 10.8. The fourth-order valence-corrected chi connectivity index (χ4v) is 1.86. The third-order valence-electron chi connectivity index (χ3n) is 2.83. The molecule has 4 nitrogen and oxygen atoms in total. The van der Waals surface area contributed by atoms with Crippen LogP contribution in [0.2, 0.25) is 0 Å². The van der Waals surface area contributed by atoms with Crippen LogP contribution in [0.15, 0.2) is 42.5 Å². The number of carboxylic acid groups (broad SMARTS) is 1. The first-order chi connectivity index (χ1) is 9.99. The van der Waals surface area contributed by atoms with Gasteiger partial charge in [-0.3, -0.25) is 4.79 Å². The van der Waals surface area contributed by atoms with E-state index in [1.807, 2.05) is 0 Å². The number of benzene rings is 2. The molecule has 0 aliphatic rings. The molecule has 0 fully saturated rings. The van der Waals surface area contributed by atoms with E-state index in [4.69, 9.17) is 5.11 Å². The van der Waals surface area contributed by atoms with E-state index in [2.05, 4.69) is 5.32 Å².